The average Bonchev–Trinajstić information content (AvgIpc) is 2.22. The molecule has 1 N–H and O–H groups in total. The molecule has 1 aromatic carbocycles. The third kappa shape index (κ3) is 2.78. The maximum atomic E-state index is 6.03. The van der Waals surface area contributed by atoms with Gasteiger partial charge in [-0.1, -0.05) is 37.6 Å². The van der Waals surface area contributed by atoms with Gasteiger partial charge >= 0.3 is 0 Å². The molecule has 88 valence electrons. The van der Waals surface area contributed by atoms with Crippen LogP contribution in [-0.2, 0) is 0 Å². The maximum absolute atomic E-state index is 6.03. The second-order valence-electron chi connectivity index (χ2n) is 4.96. The van der Waals surface area contributed by atoms with Gasteiger partial charge in [0.15, 0.2) is 0 Å². The molecule has 2 rings (SSSR count). The van der Waals surface area contributed by atoms with Crippen molar-refractivity contribution in [2.24, 2.45) is 5.92 Å². The van der Waals surface area contributed by atoms with Gasteiger partial charge in [-0.25, -0.2) is 0 Å². The lowest BCUT2D eigenvalue weighted by atomic mass is 9.81. The minimum atomic E-state index is 0.455. The quantitative estimate of drug-likeness (QED) is 0.829. The van der Waals surface area contributed by atoms with E-state index in [9.17, 15) is 0 Å². The van der Waals surface area contributed by atoms with Gasteiger partial charge < -0.3 is 5.32 Å². The van der Waals surface area contributed by atoms with Gasteiger partial charge in [0.2, 0.25) is 0 Å². The molecule has 1 aromatic rings. The first-order chi connectivity index (χ1) is 7.69. The van der Waals surface area contributed by atoms with Gasteiger partial charge in [0.25, 0.3) is 0 Å². The fourth-order valence-corrected chi connectivity index (χ4v) is 2.69. The summed E-state index contributed by atoms with van der Waals surface area (Å²) in [6.45, 7) is 4.54. The summed E-state index contributed by atoms with van der Waals surface area (Å²) >= 11 is 6.03. The van der Waals surface area contributed by atoms with E-state index in [0.29, 0.717) is 12.1 Å². The zero-order valence-corrected chi connectivity index (χ0v) is 10.8. The summed E-state index contributed by atoms with van der Waals surface area (Å²) in [6, 6.07) is 9.37. The summed E-state index contributed by atoms with van der Waals surface area (Å²) in [4.78, 5) is 0. The Bertz CT molecular complexity index is 344. The first-order valence-electron chi connectivity index (χ1n) is 6.20. The van der Waals surface area contributed by atoms with Crippen molar-refractivity contribution < 1.29 is 0 Å². The number of hydrogen-bond donors (Lipinski definition) is 1. The van der Waals surface area contributed by atoms with E-state index in [2.05, 4.69) is 31.3 Å². The third-order valence-electron chi connectivity index (χ3n) is 3.47. The van der Waals surface area contributed by atoms with Crippen LogP contribution in [0.15, 0.2) is 24.3 Å². The van der Waals surface area contributed by atoms with Gasteiger partial charge in [0.05, 0.1) is 0 Å². The van der Waals surface area contributed by atoms with Crippen molar-refractivity contribution in [1.82, 2.24) is 5.32 Å². The molecule has 1 unspecified atom stereocenters. The van der Waals surface area contributed by atoms with E-state index in [1.54, 1.807) is 0 Å². The highest BCUT2D eigenvalue weighted by atomic mass is 35.5. The molecule has 1 nitrogen and oxygen atoms in total. The molecule has 1 aliphatic rings. The molecule has 0 aromatic heterocycles. The molecule has 0 radical (unpaired) electrons. The summed E-state index contributed by atoms with van der Waals surface area (Å²) in [6.07, 6.45) is 3.75. The summed E-state index contributed by atoms with van der Waals surface area (Å²) in [5.41, 5.74) is 1.31. The molecule has 1 aliphatic carbocycles. The Balaban J connectivity index is 1.99. The molecule has 1 saturated carbocycles. The molecular weight excluding hydrogens is 218 g/mol. The molecular formula is C14H20ClN. The standard InChI is InChI=1S/C14H20ClN/c1-3-14(16-13-7-10(2)8-13)11-5-4-6-12(15)9-11/h4-6,9-10,13-14,16H,3,7-8H2,1-2H3. The van der Waals surface area contributed by atoms with E-state index < -0.39 is 0 Å². The van der Waals surface area contributed by atoms with E-state index in [4.69, 9.17) is 11.6 Å². The van der Waals surface area contributed by atoms with Gasteiger partial charge in [-0.3, -0.25) is 0 Å². The van der Waals surface area contributed by atoms with Crippen LogP contribution < -0.4 is 5.32 Å². The molecule has 0 aliphatic heterocycles. The molecule has 0 bridgehead atoms. The van der Waals surface area contributed by atoms with Gasteiger partial charge in [0, 0.05) is 17.1 Å². The Labute approximate surface area is 103 Å². The first-order valence-corrected chi connectivity index (χ1v) is 6.58. The van der Waals surface area contributed by atoms with Crippen LogP contribution in [0, 0.1) is 5.92 Å². The highest BCUT2D eigenvalue weighted by Gasteiger charge is 2.27. The zero-order chi connectivity index (χ0) is 11.5. The number of nitrogens with one attached hydrogen (secondary N) is 1. The van der Waals surface area contributed by atoms with Crippen molar-refractivity contribution in [3.63, 3.8) is 0 Å². The Kier molecular flexibility index (Phi) is 3.88. The summed E-state index contributed by atoms with van der Waals surface area (Å²) in [7, 11) is 0. The van der Waals surface area contributed by atoms with E-state index in [0.717, 1.165) is 17.4 Å². The predicted octanol–water partition coefficient (Wildman–Crippen LogP) is 4.18. The van der Waals surface area contributed by atoms with Gasteiger partial charge in [0.1, 0.15) is 0 Å². The van der Waals surface area contributed by atoms with Crippen molar-refractivity contribution in [1.29, 1.82) is 0 Å². The summed E-state index contributed by atoms with van der Waals surface area (Å²) in [5, 5.41) is 4.55. The van der Waals surface area contributed by atoms with Crippen LogP contribution in [-0.4, -0.2) is 6.04 Å². The van der Waals surface area contributed by atoms with Gasteiger partial charge in [-0.05, 0) is 42.9 Å². The van der Waals surface area contributed by atoms with Crippen molar-refractivity contribution >= 4 is 11.6 Å². The SMILES string of the molecule is CCC(NC1CC(C)C1)c1cccc(Cl)c1. The Morgan fingerprint density at radius 2 is 2.19 bits per heavy atom. The summed E-state index contributed by atoms with van der Waals surface area (Å²) < 4.78 is 0. The van der Waals surface area contributed by atoms with Crippen molar-refractivity contribution in [3.05, 3.63) is 34.9 Å². The van der Waals surface area contributed by atoms with E-state index >= 15 is 0 Å². The van der Waals surface area contributed by atoms with E-state index in [1.165, 1.54) is 18.4 Å². The lowest BCUT2D eigenvalue weighted by molar-refractivity contribution is 0.220. The van der Waals surface area contributed by atoms with Gasteiger partial charge in [-0.15, -0.1) is 0 Å². The minimum absolute atomic E-state index is 0.455. The van der Waals surface area contributed by atoms with Crippen LogP contribution in [0.1, 0.15) is 44.7 Å². The fourth-order valence-electron chi connectivity index (χ4n) is 2.50. The van der Waals surface area contributed by atoms with Crippen LogP contribution >= 0.6 is 11.6 Å². The smallest absolute Gasteiger partial charge is 0.0409 e. The topological polar surface area (TPSA) is 12.0 Å². The van der Waals surface area contributed by atoms with Crippen molar-refractivity contribution in [3.8, 4) is 0 Å². The monoisotopic (exact) mass is 237 g/mol. The average molecular weight is 238 g/mol. The molecule has 2 heteroatoms. The molecule has 0 saturated heterocycles. The molecule has 0 spiro atoms. The lowest BCUT2D eigenvalue weighted by Crippen LogP contribution is -2.41. The minimum Gasteiger partial charge on any atom is -0.307 e. The number of hydrogen-bond acceptors (Lipinski definition) is 1. The van der Waals surface area contributed by atoms with Crippen molar-refractivity contribution in [2.45, 2.75) is 45.2 Å². The Hall–Kier alpha value is -0.530. The maximum Gasteiger partial charge on any atom is 0.0409 e. The van der Waals surface area contributed by atoms with Gasteiger partial charge in [-0.2, -0.15) is 0 Å². The normalized spacial score (nSPS) is 26.2. The van der Waals surface area contributed by atoms with Crippen LogP contribution in [0.25, 0.3) is 0 Å². The van der Waals surface area contributed by atoms with Crippen LogP contribution in [0.3, 0.4) is 0 Å². The number of halogens is 1. The summed E-state index contributed by atoms with van der Waals surface area (Å²) in [5.74, 6) is 0.898. The Morgan fingerprint density at radius 3 is 2.75 bits per heavy atom. The van der Waals surface area contributed by atoms with Crippen LogP contribution in [0.2, 0.25) is 5.02 Å². The third-order valence-corrected chi connectivity index (χ3v) is 3.71. The van der Waals surface area contributed by atoms with Crippen molar-refractivity contribution in [2.75, 3.05) is 0 Å². The molecule has 16 heavy (non-hydrogen) atoms. The lowest BCUT2D eigenvalue weighted by Gasteiger charge is -2.36. The largest absolute Gasteiger partial charge is 0.307 e. The Morgan fingerprint density at radius 1 is 1.44 bits per heavy atom. The highest BCUT2D eigenvalue weighted by Crippen LogP contribution is 2.30. The first kappa shape index (κ1) is 11.9. The van der Waals surface area contributed by atoms with E-state index in [-0.39, 0.29) is 0 Å². The molecule has 1 fully saturated rings. The predicted molar refractivity (Wildman–Crippen MR) is 69.8 cm³/mol. The second-order valence-corrected chi connectivity index (χ2v) is 5.39. The van der Waals surface area contributed by atoms with Crippen LogP contribution in [0.5, 0.6) is 0 Å². The number of benzene rings is 1. The molecule has 1 atom stereocenters. The highest BCUT2D eigenvalue weighted by molar-refractivity contribution is 6.30. The van der Waals surface area contributed by atoms with E-state index in [1.807, 2.05) is 12.1 Å². The second kappa shape index (κ2) is 5.20. The fraction of sp³-hybridized carbons (Fsp3) is 0.571. The zero-order valence-electron chi connectivity index (χ0n) is 10.0. The molecule has 0 amide bonds. The number of rotatable bonds is 4. The molecule has 0 heterocycles. The van der Waals surface area contributed by atoms with Crippen LogP contribution in [0.4, 0.5) is 0 Å².